The highest BCUT2D eigenvalue weighted by Crippen LogP contribution is 2.25. The number of aryl methyl sites for hydroxylation is 2. The van der Waals surface area contributed by atoms with Crippen LogP contribution in [0.3, 0.4) is 0 Å². The second-order valence-corrected chi connectivity index (χ2v) is 10.9. The Morgan fingerprint density at radius 1 is 0.917 bits per heavy atom. The average Bonchev–Trinajstić information content (AvgIpc) is 2.89. The Morgan fingerprint density at radius 3 is 2.25 bits per heavy atom. The zero-order valence-corrected chi connectivity index (χ0v) is 21.6. The quantitative estimate of drug-likeness (QED) is 0.478. The van der Waals surface area contributed by atoms with E-state index < -0.39 is 10.0 Å². The number of amides is 1. The molecule has 0 spiro atoms. The summed E-state index contributed by atoms with van der Waals surface area (Å²) in [5.74, 6) is -0.370. The highest BCUT2D eigenvalue weighted by Gasteiger charge is 2.27. The molecule has 190 valence electrons. The van der Waals surface area contributed by atoms with E-state index in [-0.39, 0.29) is 17.3 Å². The van der Waals surface area contributed by atoms with E-state index in [4.69, 9.17) is 4.74 Å². The van der Waals surface area contributed by atoms with E-state index in [1.54, 1.807) is 42.5 Å². The first-order valence-corrected chi connectivity index (χ1v) is 13.6. The standard InChI is InChI=1S/C28H33N3O4S/c1-22-8-13-26(18-23(22)2)31(36(33,34)27-6-4-3-5-7-27)21-28(32)29-19-24-9-11-25(12-10-24)20-30-14-16-35-17-15-30/h3-13,18H,14-17,19-21H2,1-2H3,(H,29,32). The molecule has 0 bridgehead atoms. The van der Waals surface area contributed by atoms with Crippen molar-refractivity contribution in [2.75, 3.05) is 37.2 Å². The average molecular weight is 508 g/mol. The third-order valence-corrected chi connectivity index (χ3v) is 8.21. The summed E-state index contributed by atoms with van der Waals surface area (Å²) in [5.41, 5.74) is 4.64. The van der Waals surface area contributed by atoms with E-state index in [0.717, 1.165) is 49.5 Å². The number of benzene rings is 3. The number of rotatable bonds is 9. The highest BCUT2D eigenvalue weighted by molar-refractivity contribution is 7.92. The van der Waals surface area contributed by atoms with Crippen molar-refractivity contribution in [1.82, 2.24) is 10.2 Å². The molecule has 0 saturated carbocycles. The molecule has 3 aromatic carbocycles. The Hall–Kier alpha value is -3.20. The maximum absolute atomic E-state index is 13.5. The molecule has 3 aromatic rings. The fraction of sp³-hybridized carbons (Fsp3) is 0.321. The minimum absolute atomic E-state index is 0.145. The van der Waals surface area contributed by atoms with E-state index in [1.165, 1.54) is 9.87 Å². The second kappa shape index (κ2) is 11.7. The van der Waals surface area contributed by atoms with Gasteiger partial charge in [-0.05, 0) is 60.4 Å². The Bertz CT molecular complexity index is 1270. The number of nitrogens with one attached hydrogen (secondary N) is 1. The summed E-state index contributed by atoms with van der Waals surface area (Å²) in [4.78, 5) is 15.4. The molecule has 36 heavy (non-hydrogen) atoms. The van der Waals surface area contributed by atoms with Crippen molar-refractivity contribution in [2.24, 2.45) is 0 Å². The van der Waals surface area contributed by atoms with Gasteiger partial charge in [-0.2, -0.15) is 0 Å². The van der Waals surface area contributed by atoms with Crippen molar-refractivity contribution in [2.45, 2.75) is 31.8 Å². The minimum atomic E-state index is -3.92. The van der Waals surface area contributed by atoms with E-state index in [2.05, 4.69) is 22.3 Å². The molecule has 0 radical (unpaired) electrons. The molecule has 8 heteroatoms. The lowest BCUT2D eigenvalue weighted by Gasteiger charge is -2.26. The summed E-state index contributed by atoms with van der Waals surface area (Å²) in [6, 6.07) is 21.7. The molecule has 0 unspecified atom stereocenters. The fourth-order valence-electron chi connectivity index (χ4n) is 4.08. The van der Waals surface area contributed by atoms with E-state index in [9.17, 15) is 13.2 Å². The molecule has 1 N–H and O–H groups in total. The Morgan fingerprint density at radius 2 is 1.58 bits per heavy atom. The topological polar surface area (TPSA) is 79.0 Å². The molecular weight excluding hydrogens is 474 g/mol. The maximum Gasteiger partial charge on any atom is 0.264 e. The summed E-state index contributed by atoms with van der Waals surface area (Å²) in [6.45, 7) is 8.17. The van der Waals surface area contributed by atoms with Gasteiger partial charge in [-0.25, -0.2) is 8.42 Å². The summed E-state index contributed by atoms with van der Waals surface area (Å²) < 4.78 is 33.5. The molecule has 1 aliphatic heterocycles. The number of carbonyl (C=O) groups excluding carboxylic acids is 1. The highest BCUT2D eigenvalue weighted by atomic mass is 32.2. The van der Waals surface area contributed by atoms with Gasteiger partial charge < -0.3 is 10.1 Å². The number of nitrogens with zero attached hydrogens (tertiary/aromatic N) is 2. The molecule has 0 aliphatic carbocycles. The first-order chi connectivity index (χ1) is 17.3. The van der Waals surface area contributed by atoms with Crippen LogP contribution >= 0.6 is 0 Å². The fourth-order valence-corrected chi connectivity index (χ4v) is 5.52. The number of anilines is 1. The van der Waals surface area contributed by atoms with Crippen LogP contribution in [0.25, 0.3) is 0 Å². The number of hydrogen-bond acceptors (Lipinski definition) is 5. The third-order valence-electron chi connectivity index (χ3n) is 6.42. The zero-order valence-electron chi connectivity index (χ0n) is 20.8. The number of ether oxygens (including phenoxy) is 1. The smallest absolute Gasteiger partial charge is 0.264 e. The number of sulfonamides is 1. The third kappa shape index (κ3) is 6.51. The minimum Gasteiger partial charge on any atom is -0.379 e. The largest absolute Gasteiger partial charge is 0.379 e. The zero-order chi connectivity index (χ0) is 25.5. The molecule has 1 fully saturated rings. The van der Waals surface area contributed by atoms with E-state index in [1.807, 2.05) is 32.0 Å². The van der Waals surface area contributed by atoms with Crippen LogP contribution in [0, 0.1) is 13.8 Å². The van der Waals surface area contributed by atoms with Gasteiger partial charge in [0, 0.05) is 26.2 Å². The molecule has 0 aromatic heterocycles. The Balaban J connectivity index is 1.44. The molecule has 7 nitrogen and oxygen atoms in total. The molecule has 4 rings (SSSR count). The molecule has 0 atom stereocenters. The van der Waals surface area contributed by atoms with E-state index in [0.29, 0.717) is 12.2 Å². The maximum atomic E-state index is 13.5. The van der Waals surface area contributed by atoms with Crippen molar-refractivity contribution >= 4 is 21.6 Å². The molecule has 1 saturated heterocycles. The lowest BCUT2D eigenvalue weighted by Crippen LogP contribution is -2.40. The SMILES string of the molecule is Cc1ccc(N(CC(=O)NCc2ccc(CN3CCOCC3)cc2)S(=O)(=O)c2ccccc2)cc1C. The van der Waals surface area contributed by atoms with Gasteiger partial charge in [0.15, 0.2) is 0 Å². The van der Waals surface area contributed by atoms with Crippen molar-refractivity contribution in [3.63, 3.8) is 0 Å². The van der Waals surface area contributed by atoms with Crippen molar-refractivity contribution in [3.8, 4) is 0 Å². The first-order valence-electron chi connectivity index (χ1n) is 12.1. The first kappa shape index (κ1) is 25.9. The molecule has 1 aliphatic rings. The van der Waals surface area contributed by atoms with Crippen LogP contribution in [-0.4, -0.2) is 52.1 Å². The van der Waals surface area contributed by atoms with Gasteiger partial charge in [-0.1, -0.05) is 48.5 Å². The monoisotopic (exact) mass is 507 g/mol. The Labute approximate surface area is 213 Å². The van der Waals surface area contributed by atoms with Crippen LogP contribution in [0.5, 0.6) is 0 Å². The number of morpholine rings is 1. The normalized spacial score (nSPS) is 14.4. The van der Waals surface area contributed by atoms with Crippen LogP contribution < -0.4 is 9.62 Å². The van der Waals surface area contributed by atoms with Crippen LogP contribution in [0.1, 0.15) is 22.3 Å². The van der Waals surface area contributed by atoms with Gasteiger partial charge >= 0.3 is 0 Å². The van der Waals surface area contributed by atoms with Crippen LogP contribution in [0.15, 0.2) is 77.7 Å². The predicted molar refractivity (Wildman–Crippen MR) is 141 cm³/mol. The van der Waals surface area contributed by atoms with Gasteiger partial charge in [0.2, 0.25) is 5.91 Å². The van der Waals surface area contributed by atoms with E-state index >= 15 is 0 Å². The van der Waals surface area contributed by atoms with Crippen molar-refractivity contribution < 1.29 is 17.9 Å². The summed E-state index contributed by atoms with van der Waals surface area (Å²) in [5, 5.41) is 2.88. The van der Waals surface area contributed by atoms with Crippen molar-refractivity contribution in [1.29, 1.82) is 0 Å². The van der Waals surface area contributed by atoms with Gasteiger partial charge in [-0.3, -0.25) is 14.0 Å². The van der Waals surface area contributed by atoms with Gasteiger partial charge in [0.05, 0.1) is 23.8 Å². The molecule has 1 heterocycles. The predicted octanol–water partition coefficient (Wildman–Crippen LogP) is 3.65. The number of hydrogen-bond donors (Lipinski definition) is 1. The second-order valence-electron chi connectivity index (χ2n) is 9.08. The molecular formula is C28H33N3O4S. The van der Waals surface area contributed by atoms with Crippen LogP contribution in [0.4, 0.5) is 5.69 Å². The lowest BCUT2D eigenvalue weighted by atomic mass is 10.1. The number of carbonyl (C=O) groups is 1. The summed E-state index contributed by atoms with van der Waals surface area (Å²) in [6.07, 6.45) is 0. The van der Waals surface area contributed by atoms with Crippen molar-refractivity contribution in [3.05, 3.63) is 95.1 Å². The van der Waals surface area contributed by atoms with Gasteiger partial charge in [-0.15, -0.1) is 0 Å². The van der Waals surface area contributed by atoms with Gasteiger partial charge in [0.25, 0.3) is 10.0 Å². The van der Waals surface area contributed by atoms with Crippen LogP contribution in [-0.2, 0) is 32.6 Å². The van der Waals surface area contributed by atoms with Gasteiger partial charge in [0.1, 0.15) is 6.54 Å². The summed E-state index contributed by atoms with van der Waals surface area (Å²) in [7, 11) is -3.92. The lowest BCUT2D eigenvalue weighted by molar-refractivity contribution is -0.119. The summed E-state index contributed by atoms with van der Waals surface area (Å²) >= 11 is 0. The Kier molecular flexibility index (Phi) is 8.40. The molecule has 1 amide bonds. The van der Waals surface area contributed by atoms with Crippen LogP contribution in [0.2, 0.25) is 0 Å².